The summed E-state index contributed by atoms with van der Waals surface area (Å²) in [6.07, 6.45) is 0. The molecule has 1 aromatic heterocycles. The third-order valence-electron chi connectivity index (χ3n) is 2.37. The van der Waals surface area contributed by atoms with Crippen LogP contribution in [-0.2, 0) is 4.79 Å². The largest absolute Gasteiger partial charge is 0.326 e. The quantitative estimate of drug-likeness (QED) is 0.763. The van der Waals surface area contributed by atoms with E-state index in [4.69, 9.17) is 0 Å². The number of anilines is 1. The number of amides is 1. The van der Waals surface area contributed by atoms with Gasteiger partial charge in [0.15, 0.2) is 0 Å². The van der Waals surface area contributed by atoms with Crippen LogP contribution >= 0.6 is 0 Å². The van der Waals surface area contributed by atoms with Crippen LogP contribution < -0.4 is 10.9 Å². The highest BCUT2D eigenvalue weighted by Gasteiger charge is 2.01. The predicted octanol–water partition coefficient (Wildman–Crippen LogP) is 1.79. The molecule has 1 amide bonds. The maximum atomic E-state index is 11.3. The number of rotatable bonds is 1. The second kappa shape index (κ2) is 3.81. The van der Waals surface area contributed by atoms with Gasteiger partial charge in [0.25, 0.3) is 0 Å². The molecule has 2 N–H and O–H groups in total. The topological polar surface area (TPSA) is 62.0 Å². The van der Waals surface area contributed by atoms with E-state index in [1.54, 1.807) is 12.1 Å². The Hall–Kier alpha value is -2.10. The van der Waals surface area contributed by atoms with Gasteiger partial charge >= 0.3 is 0 Å². The average molecular weight is 216 g/mol. The number of aromatic nitrogens is 1. The normalized spacial score (nSPS) is 10.4. The minimum absolute atomic E-state index is 0.130. The molecule has 2 rings (SSSR count). The van der Waals surface area contributed by atoms with Crippen molar-refractivity contribution < 1.29 is 4.79 Å². The fourth-order valence-corrected chi connectivity index (χ4v) is 1.72. The zero-order valence-electron chi connectivity index (χ0n) is 9.13. The smallest absolute Gasteiger partial charge is 0.248 e. The summed E-state index contributed by atoms with van der Waals surface area (Å²) in [5.74, 6) is -0.130. The second-order valence-corrected chi connectivity index (χ2v) is 3.76. The zero-order valence-corrected chi connectivity index (χ0v) is 9.13. The van der Waals surface area contributed by atoms with Gasteiger partial charge in [0.1, 0.15) is 0 Å². The summed E-state index contributed by atoms with van der Waals surface area (Å²) < 4.78 is 0. The first-order valence-corrected chi connectivity index (χ1v) is 4.97. The van der Waals surface area contributed by atoms with E-state index < -0.39 is 0 Å². The summed E-state index contributed by atoms with van der Waals surface area (Å²) in [6, 6.07) is 7.01. The minimum Gasteiger partial charge on any atom is -0.326 e. The van der Waals surface area contributed by atoms with Crippen LogP contribution in [-0.4, -0.2) is 10.9 Å². The van der Waals surface area contributed by atoms with Gasteiger partial charge in [-0.2, -0.15) is 0 Å². The standard InChI is InChI=1S/C12H12N2O2/c1-7-5-12(16)14-11-6-9(13-8(2)15)3-4-10(7)11/h3-6H,1-2H3,(H,13,15)(H,14,16). The molecule has 4 heteroatoms. The molecule has 0 spiro atoms. The predicted molar refractivity (Wildman–Crippen MR) is 63.6 cm³/mol. The first-order valence-electron chi connectivity index (χ1n) is 4.97. The summed E-state index contributed by atoms with van der Waals surface area (Å²) in [5, 5.41) is 3.66. The number of hydrogen-bond donors (Lipinski definition) is 2. The van der Waals surface area contributed by atoms with Crippen LogP contribution in [0, 0.1) is 6.92 Å². The van der Waals surface area contributed by atoms with E-state index in [0.717, 1.165) is 16.5 Å². The minimum atomic E-state index is -0.134. The van der Waals surface area contributed by atoms with E-state index in [0.29, 0.717) is 5.69 Å². The Labute approximate surface area is 92.3 Å². The maximum Gasteiger partial charge on any atom is 0.248 e. The van der Waals surface area contributed by atoms with Crippen molar-refractivity contribution in [3.8, 4) is 0 Å². The molecule has 1 aromatic carbocycles. The van der Waals surface area contributed by atoms with Gasteiger partial charge in [-0.3, -0.25) is 9.59 Å². The molecule has 0 aliphatic heterocycles. The summed E-state index contributed by atoms with van der Waals surface area (Å²) in [6.45, 7) is 3.33. The van der Waals surface area contributed by atoms with Gasteiger partial charge in [-0.25, -0.2) is 0 Å². The second-order valence-electron chi connectivity index (χ2n) is 3.76. The summed E-state index contributed by atoms with van der Waals surface area (Å²) >= 11 is 0. The van der Waals surface area contributed by atoms with Crippen LogP contribution in [0.5, 0.6) is 0 Å². The molecule has 16 heavy (non-hydrogen) atoms. The van der Waals surface area contributed by atoms with E-state index >= 15 is 0 Å². The molecular formula is C12H12N2O2. The molecule has 0 aliphatic rings. The Kier molecular flexibility index (Phi) is 2.48. The van der Waals surface area contributed by atoms with Crippen molar-refractivity contribution in [3.63, 3.8) is 0 Å². The van der Waals surface area contributed by atoms with Crippen LogP contribution in [0.25, 0.3) is 10.9 Å². The van der Waals surface area contributed by atoms with Gasteiger partial charge in [-0.1, -0.05) is 6.07 Å². The SMILES string of the molecule is CC(=O)Nc1ccc2c(C)cc(=O)[nH]c2c1. The van der Waals surface area contributed by atoms with E-state index in [9.17, 15) is 9.59 Å². The molecule has 0 bridgehead atoms. The lowest BCUT2D eigenvalue weighted by Gasteiger charge is -2.05. The number of aryl methyl sites for hydroxylation is 1. The van der Waals surface area contributed by atoms with Crippen molar-refractivity contribution in [1.29, 1.82) is 0 Å². The lowest BCUT2D eigenvalue weighted by Crippen LogP contribution is -2.07. The van der Waals surface area contributed by atoms with Crippen LogP contribution in [0.2, 0.25) is 0 Å². The lowest BCUT2D eigenvalue weighted by molar-refractivity contribution is -0.114. The number of H-pyrrole nitrogens is 1. The highest BCUT2D eigenvalue weighted by Crippen LogP contribution is 2.18. The van der Waals surface area contributed by atoms with Crippen molar-refractivity contribution >= 4 is 22.5 Å². The number of hydrogen-bond acceptors (Lipinski definition) is 2. The van der Waals surface area contributed by atoms with E-state index in [1.807, 2.05) is 19.1 Å². The van der Waals surface area contributed by atoms with Gasteiger partial charge in [-0.15, -0.1) is 0 Å². The first-order chi connectivity index (χ1) is 7.56. The molecular weight excluding hydrogens is 204 g/mol. The van der Waals surface area contributed by atoms with Crippen LogP contribution in [0.1, 0.15) is 12.5 Å². The molecule has 0 fully saturated rings. The molecule has 0 aliphatic carbocycles. The highest BCUT2D eigenvalue weighted by atomic mass is 16.1. The fourth-order valence-electron chi connectivity index (χ4n) is 1.72. The highest BCUT2D eigenvalue weighted by molar-refractivity contribution is 5.92. The van der Waals surface area contributed by atoms with Crippen molar-refractivity contribution in [2.24, 2.45) is 0 Å². The molecule has 1 heterocycles. The zero-order chi connectivity index (χ0) is 11.7. The van der Waals surface area contributed by atoms with Gasteiger partial charge in [0.2, 0.25) is 11.5 Å². The fraction of sp³-hybridized carbons (Fsp3) is 0.167. The molecule has 82 valence electrons. The van der Waals surface area contributed by atoms with Crippen LogP contribution in [0.15, 0.2) is 29.1 Å². The molecule has 0 saturated heterocycles. The lowest BCUT2D eigenvalue weighted by atomic mass is 10.1. The van der Waals surface area contributed by atoms with Gasteiger partial charge in [0, 0.05) is 24.1 Å². The number of aromatic amines is 1. The molecule has 0 unspecified atom stereocenters. The summed E-state index contributed by atoms with van der Waals surface area (Å²) in [7, 11) is 0. The van der Waals surface area contributed by atoms with Crippen molar-refractivity contribution in [2.75, 3.05) is 5.32 Å². The van der Waals surface area contributed by atoms with Crippen molar-refractivity contribution in [1.82, 2.24) is 4.98 Å². The molecule has 0 radical (unpaired) electrons. The Bertz CT molecular complexity index is 614. The summed E-state index contributed by atoms with van der Waals surface area (Å²) in [4.78, 5) is 24.9. The number of benzene rings is 1. The number of pyridine rings is 1. The Morgan fingerprint density at radius 2 is 2.06 bits per heavy atom. The van der Waals surface area contributed by atoms with Gasteiger partial charge in [0.05, 0.1) is 5.52 Å². The Morgan fingerprint density at radius 3 is 2.75 bits per heavy atom. The molecule has 0 atom stereocenters. The molecule has 0 saturated carbocycles. The Balaban J connectivity index is 2.61. The molecule has 2 aromatic rings. The van der Waals surface area contributed by atoms with Crippen LogP contribution in [0.4, 0.5) is 5.69 Å². The van der Waals surface area contributed by atoms with E-state index in [1.165, 1.54) is 6.92 Å². The maximum absolute atomic E-state index is 11.3. The number of carbonyl (C=O) groups excluding carboxylic acids is 1. The monoisotopic (exact) mass is 216 g/mol. The van der Waals surface area contributed by atoms with Gasteiger partial charge in [-0.05, 0) is 24.6 Å². The third kappa shape index (κ3) is 1.95. The number of carbonyl (C=O) groups is 1. The van der Waals surface area contributed by atoms with Gasteiger partial charge < -0.3 is 10.3 Å². The average Bonchev–Trinajstić information content (AvgIpc) is 2.15. The number of fused-ring (bicyclic) bond motifs is 1. The van der Waals surface area contributed by atoms with E-state index in [-0.39, 0.29) is 11.5 Å². The van der Waals surface area contributed by atoms with Crippen molar-refractivity contribution in [3.05, 3.63) is 40.2 Å². The Morgan fingerprint density at radius 1 is 1.31 bits per heavy atom. The first kappa shape index (κ1) is 10.4. The van der Waals surface area contributed by atoms with Crippen molar-refractivity contribution in [2.45, 2.75) is 13.8 Å². The summed E-state index contributed by atoms with van der Waals surface area (Å²) in [5.41, 5.74) is 2.20. The number of nitrogens with one attached hydrogen (secondary N) is 2. The van der Waals surface area contributed by atoms with Crippen LogP contribution in [0.3, 0.4) is 0 Å². The molecule has 4 nitrogen and oxygen atoms in total. The third-order valence-corrected chi connectivity index (χ3v) is 2.37. The van der Waals surface area contributed by atoms with E-state index in [2.05, 4.69) is 10.3 Å².